The molecule has 0 unspecified atom stereocenters. The third kappa shape index (κ3) is 2.57. The fraction of sp³-hybridized carbons (Fsp3) is 0.0769. The minimum absolute atomic E-state index is 0.0000638. The van der Waals surface area contributed by atoms with Gasteiger partial charge in [-0.3, -0.25) is 10.1 Å². The number of nitro benzene ring substituents is 1. The summed E-state index contributed by atoms with van der Waals surface area (Å²) in [6, 6.07) is 13.6. The van der Waals surface area contributed by atoms with Gasteiger partial charge >= 0.3 is 0 Å². The number of anilines is 1. The first-order valence-corrected chi connectivity index (χ1v) is 5.40. The number of nitro groups is 1. The summed E-state index contributed by atoms with van der Waals surface area (Å²) in [7, 11) is 1.74. The van der Waals surface area contributed by atoms with Crippen LogP contribution in [-0.2, 0) is 0 Å². The van der Waals surface area contributed by atoms with Crippen molar-refractivity contribution in [2.75, 3.05) is 12.4 Å². The number of nitrogens with zero attached hydrogens (tertiary/aromatic N) is 1. The lowest BCUT2D eigenvalue weighted by atomic mass is 10.2. The monoisotopic (exact) mass is 244 g/mol. The van der Waals surface area contributed by atoms with Gasteiger partial charge in [0.1, 0.15) is 5.75 Å². The number of non-ortho nitro benzene ring substituents is 1. The van der Waals surface area contributed by atoms with E-state index in [0.717, 1.165) is 0 Å². The van der Waals surface area contributed by atoms with E-state index in [9.17, 15) is 10.1 Å². The molecule has 0 aliphatic carbocycles. The second-order valence-corrected chi connectivity index (χ2v) is 3.60. The van der Waals surface area contributed by atoms with Gasteiger partial charge in [-0.1, -0.05) is 18.2 Å². The zero-order valence-corrected chi connectivity index (χ0v) is 9.79. The molecule has 1 N–H and O–H groups in total. The Kier molecular flexibility index (Phi) is 3.43. The lowest BCUT2D eigenvalue weighted by molar-refractivity contribution is -0.384. The van der Waals surface area contributed by atoms with Gasteiger partial charge in [-0.25, -0.2) is 0 Å². The first kappa shape index (κ1) is 11.9. The molecule has 0 saturated carbocycles. The normalized spacial score (nSPS) is 9.83. The number of nitrogens with one attached hydrogen (secondary N) is 1. The van der Waals surface area contributed by atoms with Crippen molar-refractivity contribution in [3.05, 3.63) is 58.6 Å². The van der Waals surface area contributed by atoms with Gasteiger partial charge < -0.3 is 10.1 Å². The SMILES string of the molecule is CNc1ccc([N+](=O)[O-])cc1Oc1ccccc1. The van der Waals surface area contributed by atoms with E-state index in [0.29, 0.717) is 17.2 Å². The summed E-state index contributed by atoms with van der Waals surface area (Å²) >= 11 is 0. The van der Waals surface area contributed by atoms with Crippen LogP contribution in [-0.4, -0.2) is 12.0 Å². The molecule has 0 aliphatic heterocycles. The van der Waals surface area contributed by atoms with Crippen molar-refractivity contribution < 1.29 is 9.66 Å². The van der Waals surface area contributed by atoms with Crippen molar-refractivity contribution >= 4 is 11.4 Å². The summed E-state index contributed by atoms with van der Waals surface area (Å²) in [6.45, 7) is 0. The van der Waals surface area contributed by atoms with E-state index in [4.69, 9.17) is 4.74 Å². The van der Waals surface area contributed by atoms with Gasteiger partial charge in [-0.2, -0.15) is 0 Å². The molecule has 0 atom stereocenters. The number of benzene rings is 2. The molecule has 0 fully saturated rings. The first-order valence-electron chi connectivity index (χ1n) is 5.40. The summed E-state index contributed by atoms with van der Waals surface area (Å²) in [5.41, 5.74) is 0.699. The number of ether oxygens (including phenoxy) is 1. The molecule has 0 heterocycles. The molecule has 0 amide bonds. The number of hydrogen-bond donors (Lipinski definition) is 1. The van der Waals surface area contributed by atoms with E-state index >= 15 is 0 Å². The van der Waals surface area contributed by atoms with E-state index in [1.165, 1.54) is 12.1 Å². The Morgan fingerprint density at radius 2 is 1.89 bits per heavy atom. The van der Waals surface area contributed by atoms with Gasteiger partial charge in [0.15, 0.2) is 5.75 Å². The van der Waals surface area contributed by atoms with E-state index < -0.39 is 4.92 Å². The van der Waals surface area contributed by atoms with Crippen LogP contribution in [0, 0.1) is 10.1 Å². The van der Waals surface area contributed by atoms with Gasteiger partial charge in [0.25, 0.3) is 5.69 Å². The molecule has 0 radical (unpaired) electrons. The Balaban J connectivity index is 2.35. The fourth-order valence-corrected chi connectivity index (χ4v) is 1.53. The van der Waals surface area contributed by atoms with Crippen LogP contribution in [0.2, 0.25) is 0 Å². The quantitative estimate of drug-likeness (QED) is 0.661. The van der Waals surface area contributed by atoms with E-state index in [-0.39, 0.29) is 5.69 Å². The van der Waals surface area contributed by atoms with E-state index in [1.54, 1.807) is 25.2 Å². The van der Waals surface area contributed by atoms with Gasteiger partial charge in [-0.15, -0.1) is 0 Å². The molecule has 5 nitrogen and oxygen atoms in total. The summed E-state index contributed by atoms with van der Waals surface area (Å²) in [6.07, 6.45) is 0. The Morgan fingerprint density at radius 1 is 1.17 bits per heavy atom. The minimum atomic E-state index is -0.447. The van der Waals surface area contributed by atoms with Crippen LogP contribution in [0.15, 0.2) is 48.5 Å². The molecular formula is C13H12N2O3. The zero-order valence-electron chi connectivity index (χ0n) is 9.79. The number of para-hydroxylation sites is 1. The molecule has 0 aromatic heterocycles. The standard InChI is InChI=1S/C13H12N2O3/c1-14-12-8-7-10(15(16)17)9-13(12)18-11-5-3-2-4-6-11/h2-9,14H,1H3. The molecule has 2 rings (SSSR count). The third-order valence-electron chi connectivity index (χ3n) is 2.42. The van der Waals surface area contributed by atoms with Crippen molar-refractivity contribution in [3.63, 3.8) is 0 Å². The van der Waals surface area contributed by atoms with Crippen LogP contribution >= 0.6 is 0 Å². The topological polar surface area (TPSA) is 64.4 Å². The molecule has 2 aromatic carbocycles. The second-order valence-electron chi connectivity index (χ2n) is 3.60. The van der Waals surface area contributed by atoms with Crippen molar-refractivity contribution in [2.24, 2.45) is 0 Å². The zero-order chi connectivity index (χ0) is 13.0. The smallest absolute Gasteiger partial charge is 0.273 e. The van der Waals surface area contributed by atoms with Crippen molar-refractivity contribution in [2.45, 2.75) is 0 Å². The maximum Gasteiger partial charge on any atom is 0.273 e. The van der Waals surface area contributed by atoms with Crippen molar-refractivity contribution in [1.29, 1.82) is 0 Å². The Labute approximate surface area is 104 Å². The highest BCUT2D eigenvalue weighted by Gasteiger charge is 2.11. The van der Waals surface area contributed by atoms with Crippen LogP contribution < -0.4 is 10.1 Å². The lowest BCUT2D eigenvalue weighted by Gasteiger charge is -2.10. The first-order chi connectivity index (χ1) is 8.70. The molecule has 0 aliphatic rings. The van der Waals surface area contributed by atoms with Gasteiger partial charge in [0.2, 0.25) is 0 Å². The molecule has 0 spiro atoms. The van der Waals surface area contributed by atoms with Gasteiger partial charge in [0, 0.05) is 13.1 Å². The van der Waals surface area contributed by atoms with Crippen LogP contribution in [0.25, 0.3) is 0 Å². The van der Waals surface area contributed by atoms with Crippen molar-refractivity contribution in [3.8, 4) is 11.5 Å². The summed E-state index contributed by atoms with van der Waals surface area (Å²) in [4.78, 5) is 10.3. The van der Waals surface area contributed by atoms with Gasteiger partial charge in [-0.05, 0) is 18.2 Å². The fourth-order valence-electron chi connectivity index (χ4n) is 1.53. The predicted octanol–water partition coefficient (Wildman–Crippen LogP) is 3.43. The highest BCUT2D eigenvalue weighted by Crippen LogP contribution is 2.32. The highest BCUT2D eigenvalue weighted by atomic mass is 16.6. The van der Waals surface area contributed by atoms with E-state index in [2.05, 4.69) is 5.32 Å². The molecule has 18 heavy (non-hydrogen) atoms. The second kappa shape index (κ2) is 5.18. The third-order valence-corrected chi connectivity index (χ3v) is 2.42. The highest BCUT2D eigenvalue weighted by molar-refractivity contribution is 5.61. The lowest BCUT2D eigenvalue weighted by Crippen LogP contribution is -1.95. The molecule has 0 bridgehead atoms. The van der Waals surface area contributed by atoms with E-state index in [1.807, 2.05) is 18.2 Å². The molecule has 92 valence electrons. The van der Waals surface area contributed by atoms with Crippen molar-refractivity contribution in [1.82, 2.24) is 0 Å². The van der Waals surface area contributed by atoms with Crippen LogP contribution in [0.5, 0.6) is 11.5 Å². The van der Waals surface area contributed by atoms with Crippen LogP contribution in [0.4, 0.5) is 11.4 Å². The summed E-state index contributed by atoms with van der Waals surface area (Å²) < 4.78 is 5.62. The molecule has 2 aromatic rings. The average molecular weight is 244 g/mol. The number of hydrogen-bond acceptors (Lipinski definition) is 4. The van der Waals surface area contributed by atoms with Crippen LogP contribution in [0.3, 0.4) is 0 Å². The average Bonchev–Trinajstić information content (AvgIpc) is 2.39. The molecular weight excluding hydrogens is 232 g/mol. The van der Waals surface area contributed by atoms with Crippen LogP contribution in [0.1, 0.15) is 0 Å². The van der Waals surface area contributed by atoms with Gasteiger partial charge in [0.05, 0.1) is 16.7 Å². The molecule has 0 saturated heterocycles. The Hall–Kier alpha value is -2.56. The maximum absolute atomic E-state index is 10.7. The largest absolute Gasteiger partial charge is 0.455 e. The number of rotatable bonds is 4. The Morgan fingerprint density at radius 3 is 2.50 bits per heavy atom. The maximum atomic E-state index is 10.7. The predicted molar refractivity (Wildman–Crippen MR) is 69.2 cm³/mol. The summed E-state index contributed by atoms with van der Waals surface area (Å²) in [5, 5.41) is 13.7. The Bertz CT molecular complexity index is 555. The minimum Gasteiger partial charge on any atom is -0.455 e. The molecule has 5 heteroatoms. The summed E-state index contributed by atoms with van der Waals surface area (Å²) in [5.74, 6) is 1.06.